The Morgan fingerprint density at radius 2 is 1.97 bits per heavy atom. The average molecular weight is 426 g/mol. The van der Waals surface area contributed by atoms with Crippen LogP contribution < -0.4 is 21.3 Å². The number of carbonyl (C=O) groups is 1. The van der Waals surface area contributed by atoms with Crippen LogP contribution in [0.25, 0.3) is 11.2 Å². The van der Waals surface area contributed by atoms with Crippen molar-refractivity contribution in [1.82, 2.24) is 24.4 Å². The number of hydrogen-bond acceptors (Lipinski definition) is 7. The predicted molar refractivity (Wildman–Crippen MR) is 112 cm³/mol. The number of nitrogens with one attached hydrogen (secondary N) is 2. The summed E-state index contributed by atoms with van der Waals surface area (Å²) in [5.41, 5.74) is -0.215. The number of oxime groups is 1. The van der Waals surface area contributed by atoms with Gasteiger partial charge in [0.2, 0.25) is 5.60 Å². The monoisotopic (exact) mass is 426 g/mol. The van der Waals surface area contributed by atoms with E-state index in [0.717, 1.165) is 15.9 Å². The molecule has 1 amide bonds. The molecule has 0 radical (unpaired) electrons. The third-order valence-corrected chi connectivity index (χ3v) is 5.33. The topological polar surface area (TPSA) is 133 Å². The molecule has 31 heavy (non-hydrogen) atoms. The van der Waals surface area contributed by atoms with Gasteiger partial charge in [-0.15, -0.1) is 0 Å². The van der Waals surface area contributed by atoms with Gasteiger partial charge in [0.15, 0.2) is 5.65 Å². The fourth-order valence-corrected chi connectivity index (χ4v) is 3.41. The van der Waals surface area contributed by atoms with Crippen LogP contribution in [0, 0.1) is 0 Å². The molecule has 162 valence electrons. The highest BCUT2D eigenvalue weighted by Crippen LogP contribution is 2.27. The van der Waals surface area contributed by atoms with Gasteiger partial charge in [-0.1, -0.05) is 5.16 Å². The van der Waals surface area contributed by atoms with Crippen LogP contribution in [-0.2, 0) is 30.3 Å². The van der Waals surface area contributed by atoms with Gasteiger partial charge in [-0.3, -0.25) is 18.7 Å². The average Bonchev–Trinajstić information content (AvgIpc) is 3.39. The molecule has 2 N–H and O–H groups in total. The Morgan fingerprint density at radius 3 is 2.65 bits per heavy atom. The van der Waals surface area contributed by atoms with Gasteiger partial charge < -0.3 is 19.9 Å². The highest BCUT2D eigenvalue weighted by atomic mass is 16.7. The highest BCUT2D eigenvalue weighted by Gasteiger charge is 2.42. The van der Waals surface area contributed by atoms with Gasteiger partial charge in [-0.25, -0.2) is 9.78 Å². The lowest BCUT2D eigenvalue weighted by atomic mass is 9.95. The molecule has 1 aromatic carbocycles. The minimum atomic E-state index is -1.18. The fraction of sp³-hybridized carbons (Fsp3) is 0.350. The van der Waals surface area contributed by atoms with Gasteiger partial charge in [-0.2, -0.15) is 0 Å². The molecule has 0 saturated heterocycles. The molecule has 1 aliphatic heterocycles. The van der Waals surface area contributed by atoms with Crippen molar-refractivity contribution < 1.29 is 14.4 Å². The highest BCUT2D eigenvalue weighted by molar-refractivity contribution is 6.05. The first-order valence-electron chi connectivity index (χ1n) is 9.56. The fourth-order valence-electron chi connectivity index (χ4n) is 3.41. The molecule has 0 bridgehead atoms. The maximum Gasteiger partial charge on any atom is 0.332 e. The summed E-state index contributed by atoms with van der Waals surface area (Å²) >= 11 is 0. The molecule has 1 unspecified atom stereocenters. The molecule has 1 atom stereocenters. The van der Waals surface area contributed by atoms with Crippen molar-refractivity contribution >= 4 is 22.8 Å². The number of hydrogen-bond donors (Lipinski definition) is 2. The lowest BCUT2D eigenvalue weighted by molar-refractivity contribution is -0.141. The molecule has 0 aliphatic carbocycles. The van der Waals surface area contributed by atoms with Gasteiger partial charge in [0, 0.05) is 20.5 Å². The molecule has 0 saturated carbocycles. The number of rotatable bonds is 5. The summed E-state index contributed by atoms with van der Waals surface area (Å²) in [7, 11) is 4.51. The van der Waals surface area contributed by atoms with Crippen molar-refractivity contribution in [2.24, 2.45) is 19.3 Å². The summed E-state index contributed by atoms with van der Waals surface area (Å²) in [5, 5.41) is 6.83. The van der Waals surface area contributed by atoms with E-state index < -0.39 is 16.9 Å². The Balaban J connectivity index is 1.46. The smallest absolute Gasteiger partial charge is 0.332 e. The molecule has 4 rings (SSSR count). The molecule has 11 heteroatoms. The molecule has 0 spiro atoms. The Labute approximate surface area is 176 Å². The summed E-state index contributed by atoms with van der Waals surface area (Å²) in [4.78, 5) is 49.7. The second-order valence-electron chi connectivity index (χ2n) is 7.54. The van der Waals surface area contributed by atoms with Crippen LogP contribution in [0.1, 0.15) is 24.7 Å². The SMILES string of the molecule is COc1ccc(C2=NOC(C)(C(=O)NCc3nc4c([nH]3)c(=O)n(C)c(=O)n4C)C2)cc1. The number of aromatic nitrogens is 4. The number of H-pyrrole nitrogens is 1. The first kappa shape index (κ1) is 20.4. The first-order valence-corrected chi connectivity index (χ1v) is 9.56. The van der Waals surface area contributed by atoms with Gasteiger partial charge in [0.1, 0.15) is 17.1 Å². The van der Waals surface area contributed by atoms with Crippen molar-refractivity contribution in [3.63, 3.8) is 0 Å². The van der Waals surface area contributed by atoms with Crippen LogP contribution in [0.5, 0.6) is 5.75 Å². The second kappa shape index (κ2) is 7.42. The number of nitrogens with zero attached hydrogens (tertiary/aromatic N) is 4. The quantitative estimate of drug-likeness (QED) is 0.598. The zero-order valence-electron chi connectivity index (χ0n) is 17.6. The first-order chi connectivity index (χ1) is 14.7. The number of imidazole rings is 1. The van der Waals surface area contributed by atoms with Gasteiger partial charge in [0.05, 0.1) is 19.4 Å². The Kier molecular flexibility index (Phi) is 4.88. The third kappa shape index (κ3) is 3.47. The zero-order valence-corrected chi connectivity index (χ0v) is 17.6. The number of fused-ring (bicyclic) bond motifs is 1. The van der Waals surface area contributed by atoms with E-state index in [4.69, 9.17) is 9.57 Å². The maximum atomic E-state index is 12.8. The lowest BCUT2D eigenvalue weighted by Gasteiger charge is -2.20. The van der Waals surface area contributed by atoms with E-state index in [1.54, 1.807) is 14.0 Å². The largest absolute Gasteiger partial charge is 0.497 e. The molecule has 3 heterocycles. The van der Waals surface area contributed by atoms with E-state index in [-0.39, 0.29) is 23.6 Å². The van der Waals surface area contributed by atoms with E-state index in [1.807, 2.05) is 24.3 Å². The van der Waals surface area contributed by atoms with Crippen molar-refractivity contribution in [1.29, 1.82) is 0 Å². The number of ether oxygens (including phenoxy) is 1. The normalized spacial score (nSPS) is 18.0. The van der Waals surface area contributed by atoms with Crippen LogP contribution in [-0.4, -0.2) is 43.4 Å². The van der Waals surface area contributed by atoms with Gasteiger partial charge >= 0.3 is 5.69 Å². The Hall–Kier alpha value is -3.89. The molecule has 1 aliphatic rings. The maximum absolute atomic E-state index is 12.8. The molecule has 0 fully saturated rings. The number of carbonyl (C=O) groups excluding carboxylic acids is 1. The number of benzene rings is 1. The van der Waals surface area contributed by atoms with Gasteiger partial charge in [-0.05, 0) is 36.8 Å². The summed E-state index contributed by atoms with van der Waals surface area (Å²) in [5.74, 6) is 0.698. The molecule has 3 aromatic rings. The van der Waals surface area contributed by atoms with Crippen LogP contribution in [0.4, 0.5) is 0 Å². The zero-order chi connectivity index (χ0) is 22.3. The number of amides is 1. The van der Waals surface area contributed by atoms with Crippen LogP contribution in [0.2, 0.25) is 0 Å². The van der Waals surface area contributed by atoms with Crippen molar-refractivity contribution in [2.75, 3.05) is 7.11 Å². The summed E-state index contributed by atoms with van der Waals surface area (Å²) in [6, 6.07) is 7.33. The van der Waals surface area contributed by atoms with E-state index in [1.165, 1.54) is 18.7 Å². The Bertz CT molecular complexity index is 1320. The predicted octanol–water partition coefficient (Wildman–Crippen LogP) is 0.168. The van der Waals surface area contributed by atoms with Crippen molar-refractivity contribution in [3.8, 4) is 5.75 Å². The standard InChI is InChI=1S/C20H22N6O5/c1-20(9-13(24-31-20)11-5-7-12(30-4)8-6-11)18(28)21-10-14-22-15-16(23-14)25(2)19(29)26(3)17(15)27/h5-8H,9-10H2,1-4H3,(H,21,28)(H,22,23). The summed E-state index contributed by atoms with van der Waals surface area (Å²) < 4.78 is 7.42. The summed E-state index contributed by atoms with van der Waals surface area (Å²) in [6.45, 7) is 1.68. The lowest BCUT2D eigenvalue weighted by Crippen LogP contribution is -2.44. The molecule has 11 nitrogen and oxygen atoms in total. The molecule has 2 aromatic heterocycles. The second-order valence-corrected chi connectivity index (χ2v) is 7.54. The van der Waals surface area contributed by atoms with Crippen LogP contribution in [0.15, 0.2) is 39.0 Å². The third-order valence-electron chi connectivity index (χ3n) is 5.33. The summed E-state index contributed by atoms with van der Waals surface area (Å²) in [6.07, 6.45) is 0.292. The van der Waals surface area contributed by atoms with Crippen LogP contribution in [0.3, 0.4) is 0 Å². The van der Waals surface area contributed by atoms with E-state index in [2.05, 4.69) is 20.4 Å². The number of aromatic amines is 1. The minimum Gasteiger partial charge on any atom is -0.497 e. The Morgan fingerprint density at radius 1 is 1.26 bits per heavy atom. The van der Waals surface area contributed by atoms with Crippen molar-refractivity contribution in [2.45, 2.75) is 25.5 Å². The number of aryl methyl sites for hydroxylation is 1. The number of methoxy groups -OCH3 is 1. The molecular formula is C20H22N6O5. The minimum absolute atomic E-state index is 0.0294. The van der Waals surface area contributed by atoms with Crippen LogP contribution >= 0.6 is 0 Å². The van der Waals surface area contributed by atoms with E-state index in [0.29, 0.717) is 18.0 Å². The van der Waals surface area contributed by atoms with Gasteiger partial charge in [0.25, 0.3) is 11.5 Å². The molecular weight excluding hydrogens is 404 g/mol. The van der Waals surface area contributed by atoms with Crippen molar-refractivity contribution in [3.05, 3.63) is 56.5 Å². The van der Waals surface area contributed by atoms with E-state index in [9.17, 15) is 14.4 Å². The van der Waals surface area contributed by atoms with E-state index >= 15 is 0 Å².